The molecule has 7 nitrogen and oxygen atoms in total. The number of benzene rings is 1. The first-order valence-electron chi connectivity index (χ1n) is 8.35. The molecule has 1 aliphatic heterocycles. The number of hydrogen-bond donors (Lipinski definition) is 2. The molecule has 1 aliphatic rings. The van der Waals surface area contributed by atoms with Gasteiger partial charge in [0.1, 0.15) is 11.4 Å². The smallest absolute Gasteiger partial charge is 0.270 e. The minimum atomic E-state index is -0.256. The summed E-state index contributed by atoms with van der Waals surface area (Å²) in [5.41, 5.74) is 1.23. The van der Waals surface area contributed by atoms with Crippen molar-refractivity contribution in [3.05, 3.63) is 47.8 Å². The molecule has 2 N–H and O–H groups in total. The van der Waals surface area contributed by atoms with Gasteiger partial charge in [-0.2, -0.15) is 0 Å². The Balaban J connectivity index is 1.57. The van der Waals surface area contributed by atoms with Crippen molar-refractivity contribution in [1.82, 2.24) is 15.3 Å². The first-order valence-corrected chi connectivity index (χ1v) is 8.35. The Kier molecular flexibility index (Phi) is 5.79. The second kappa shape index (κ2) is 8.43. The molecule has 0 bridgehead atoms. The maximum Gasteiger partial charge on any atom is 0.270 e. The minimum Gasteiger partial charge on any atom is -0.496 e. The molecule has 3 rings (SSSR count). The monoisotopic (exact) mass is 342 g/mol. The van der Waals surface area contributed by atoms with E-state index in [0.29, 0.717) is 24.7 Å². The van der Waals surface area contributed by atoms with E-state index in [1.54, 1.807) is 19.4 Å². The molecule has 0 spiro atoms. The molecular formula is C18H22N4O3. The summed E-state index contributed by atoms with van der Waals surface area (Å²) in [6.07, 6.45) is 3.87. The van der Waals surface area contributed by atoms with Crippen LogP contribution in [0.3, 0.4) is 0 Å². The fraction of sp³-hybridized carbons (Fsp3) is 0.389. The first kappa shape index (κ1) is 17.2. The average molecular weight is 342 g/mol. The van der Waals surface area contributed by atoms with Crippen LogP contribution in [0, 0.1) is 0 Å². The van der Waals surface area contributed by atoms with E-state index in [4.69, 9.17) is 9.47 Å². The van der Waals surface area contributed by atoms with Crippen molar-refractivity contribution in [1.29, 1.82) is 0 Å². The topological polar surface area (TPSA) is 85.4 Å². The lowest BCUT2D eigenvalue weighted by Crippen LogP contribution is -2.25. The Morgan fingerprint density at radius 3 is 3.04 bits per heavy atom. The first-order chi connectivity index (χ1) is 12.3. The summed E-state index contributed by atoms with van der Waals surface area (Å²) in [6.45, 7) is 1.82. The van der Waals surface area contributed by atoms with E-state index in [1.165, 1.54) is 0 Å². The highest BCUT2D eigenvalue weighted by Crippen LogP contribution is 2.17. The highest BCUT2D eigenvalue weighted by atomic mass is 16.5. The van der Waals surface area contributed by atoms with E-state index < -0.39 is 0 Å². The van der Waals surface area contributed by atoms with Crippen LogP contribution in [-0.4, -0.2) is 42.2 Å². The number of nitrogens with one attached hydrogen (secondary N) is 2. The van der Waals surface area contributed by atoms with Crippen LogP contribution in [0.15, 0.2) is 36.5 Å². The molecule has 1 atom stereocenters. The molecule has 7 heteroatoms. The van der Waals surface area contributed by atoms with Crippen molar-refractivity contribution in [2.45, 2.75) is 25.5 Å². The van der Waals surface area contributed by atoms with Crippen LogP contribution in [0.5, 0.6) is 5.75 Å². The van der Waals surface area contributed by atoms with Crippen LogP contribution in [-0.2, 0) is 11.3 Å². The lowest BCUT2D eigenvalue weighted by molar-refractivity contribution is 0.0945. The zero-order chi connectivity index (χ0) is 17.5. The Hall–Kier alpha value is -2.67. The zero-order valence-electron chi connectivity index (χ0n) is 14.2. The Morgan fingerprint density at radius 1 is 1.36 bits per heavy atom. The van der Waals surface area contributed by atoms with Gasteiger partial charge in [0.25, 0.3) is 5.91 Å². The van der Waals surface area contributed by atoms with Gasteiger partial charge in [-0.1, -0.05) is 18.2 Å². The Morgan fingerprint density at radius 2 is 2.24 bits per heavy atom. The van der Waals surface area contributed by atoms with E-state index in [0.717, 1.165) is 30.8 Å². The quantitative estimate of drug-likeness (QED) is 0.801. The molecule has 0 aliphatic carbocycles. The number of anilines is 1. The molecular weight excluding hydrogens is 320 g/mol. The van der Waals surface area contributed by atoms with Gasteiger partial charge in [-0.25, -0.2) is 9.97 Å². The average Bonchev–Trinajstić information content (AvgIpc) is 3.18. The molecule has 0 radical (unpaired) electrons. The summed E-state index contributed by atoms with van der Waals surface area (Å²) >= 11 is 0. The van der Waals surface area contributed by atoms with E-state index in [-0.39, 0.29) is 12.0 Å². The number of carbonyl (C=O) groups is 1. The van der Waals surface area contributed by atoms with Crippen LogP contribution in [0.4, 0.5) is 5.95 Å². The predicted molar refractivity (Wildman–Crippen MR) is 93.7 cm³/mol. The van der Waals surface area contributed by atoms with Gasteiger partial charge < -0.3 is 20.1 Å². The number of nitrogens with zero attached hydrogens (tertiary/aromatic N) is 2. The fourth-order valence-electron chi connectivity index (χ4n) is 2.70. The van der Waals surface area contributed by atoms with Crippen LogP contribution in [0.1, 0.15) is 28.9 Å². The van der Waals surface area contributed by atoms with E-state index in [9.17, 15) is 4.79 Å². The van der Waals surface area contributed by atoms with Gasteiger partial charge in [0.2, 0.25) is 5.95 Å². The normalized spacial score (nSPS) is 16.4. The second-order valence-electron chi connectivity index (χ2n) is 5.78. The van der Waals surface area contributed by atoms with Gasteiger partial charge in [-0.3, -0.25) is 4.79 Å². The molecule has 1 amide bonds. The SMILES string of the molecule is COc1ccccc1CNC(=O)c1ccnc(NCC2CCCO2)n1. The molecule has 1 saturated heterocycles. The van der Waals surface area contributed by atoms with E-state index >= 15 is 0 Å². The van der Waals surface area contributed by atoms with Gasteiger partial charge >= 0.3 is 0 Å². The summed E-state index contributed by atoms with van der Waals surface area (Å²) in [4.78, 5) is 20.8. The van der Waals surface area contributed by atoms with Crippen LogP contribution in [0.2, 0.25) is 0 Å². The number of methoxy groups -OCH3 is 1. The van der Waals surface area contributed by atoms with Gasteiger partial charge in [-0.05, 0) is 25.0 Å². The number of aromatic nitrogens is 2. The third-order valence-corrected chi connectivity index (χ3v) is 4.03. The summed E-state index contributed by atoms with van der Waals surface area (Å²) in [5.74, 6) is 0.915. The molecule has 2 heterocycles. The van der Waals surface area contributed by atoms with Crippen molar-refractivity contribution in [3.8, 4) is 5.75 Å². The molecule has 2 aromatic rings. The van der Waals surface area contributed by atoms with Crippen molar-refractivity contribution >= 4 is 11.9 Å². The third-order valence-electron chi connectivity index (χ3n) is 4.03. The third kappa shape index (κ3) is 4.67. The van der Waals surface area contributed by atoms with Gasteiger partial charge in [0.05, 0.1) is 13.2 Å². The number of rotatable bonds is 7. The summed E-state index contributed by atoms with van der Waals surface area (Å²) in [5, 5.41) is 5.98. The van der Waals surface area contributed by atoms with Gasteiger partial charge in [0, 0.05) is 31.5 Å². The zero-order valence-corrected chi connectivity index (χ0v) is 14.2. The van der Waals surface area contributed by atoms with Crippen LogP contribution >= 0.6 is 0 Å². The van der Waals surface area contributed by atoms with Gasteiger partial charge in [0.15, 0.2) is 0 Å². The van der Waals surface area contributed by atoms with Crippen molar-refractivity contribution < 1.29 is 14.3 Å². The Bertz CT molecular complexity index is 717. The molecule has 1 aromatic heterocycles. The summed E-state index contributed by atoms with van der Waals surface area (Å²) in [7, 11) is 1.61. The van der Waals surface area contributed by atoms with Crippen LogP contribution in [0.25, 0.3) is 0 Å². The van der Waals surface area contributed by atoms with Crippen molar-refractivity contribution in [3.63, 3.8) is 0 Å². The number of para-hydroxylation sites is 1. The molecule has 0 saturated carbocycles. The lowest BCUT2D eigenvalue weighted by atomic mass is 10.2. The molecule has 132 valence electrons. The standard InChI is InChI=1S/C18H22N4O3/c1-24-16-7-3-2-5-13(16)11-20-17(23)15-8-9-19-18(22-15)21-12-14-6-4-10-25-14/h2-3,5,7-9,14H,4,6,10-12H2,1H3,(H,20,23)(H,19,21,22). The van der Waals surface area contributed by atoms with E-state index in [2.05, 4.69) is 20.6 Å². The number of ether oxygens (including phenoxy) is 2. The maximum absolute atomic E-state index is 12.3. The predicted octanol–water partition coefficient (Wildman–Crippen LogP) is 2.01. The lowest BCUT2D eigenvalue weighted by Gasteiger charge is -2.11. The molecule has 1 aromatic carbocycles. The Labute approximate surface area is 146 Å². The van der Waals surface area contributed by atoms with E-state index in [1.807, 2.05) is 24.3 Å². The van der Waals surface area contributed by atoms with Gasteiger partial charge in [-0.15, -0.1) is 0 Å². The highest BCUT2D eigenvalue weighted by molar-refractivity contribution is 5.92. The largest absolute Gasteiger partial charge is 0.496 e. The number of carbonyl (C=O) groups excluding carboxylic acids is 1. The molecule has 1 fully saturated rings. The number of hydrogen-bond acceptors (Lipinski definition) is 6. The summed E-state index contributed by atoms with van der Waals surface area (Å²) in [6, 6.07) is 9.16. The van der Waals surface area contributed by atoms with Crippen LogP contribution < -0.4 is 15.4 Å². The minimum absolute atomic E-state index is 0.187. The second-order valence-corrected chi connectivity index (χ2v) is 5.78. The fourth-order valence-corrected chi connectivity index (χ4v) is 2.70. The molecule has 25 heavy (non-hydrogen) atoms. The van der Waals surface area contributed by atoms with Crippen molar-refractivity contribution in [2.75, 3.05) is 25.6 Å². The molecule has 1 unspecified atom stereocenters. The highest BCUT2D eigenvalue weighted by Gasteiger charge is 2.16. The maximum atomic E-state index is 12.3. The number of amides is 1. The summed E-state index contributed by atoms with van der Waals surface area (Å²) < 4.78 is 10.8. The van der Waals surface area contributed by atoms with Crippen molar-refractivity contribution in [2.24, 2.45) is 0 Å².